The summed E-state index contributed by atoms with van der Waals surface area (Å²) in [5, 5.41) is 2.58. The number of carbonyl (C=O) groups is 2. The van der Waals surface area contributed by atoms with Crippen LogP contribution in [0.25, 0.3) is 0 Å². The van der Waals surface area contributed by atoms with E-state index in [1.165, 1.54) is 0 Å². The van der Waals surface area contributed by atoms with E-state index in [1.54, 1.807) is 0 Å². The molecule has 0 atom stereocenters. The average molecular weight is 551 g/mol. The number of halogens is 7. The van der Waals surface area contributed by atoms with E-state index >= 15 is 0 Å². The third kappa shape index (κ3) is 8.06. The van der Waals surface area contributed by atoms with Crippen LogP contribution in [0.2, 0.25) is 0 Å². The van der Waals surface area contributed by atoms with Crippen LogP contribution in [-0.2, 0) is 23.9 Å². The third-order valence-corrected chi connectivity index (χ3v) is 5.62. The molecule has 0 radical (unpaired) electrons. The molecule has 3 aromatic rings. The van der Waals surface area contributed by atoms with Crippen LogP contribution in [-0.4, -0.2) is 29.8 Å². The Morgan fingerprint density at radius 2 is 1.65 bits per heavy atom. The summed E-state index contributed by atoms with van der Waals surface area (Å²) < 4.78 is 98.7. The Bertz CT molecular complexity index is 1270. The standard InChI is InChI=1S/C22H16F7N3O4S/c23-12-2-1-11(15(8-12)21(24,25)26)7-16-19(20(30)34)32-18(37-16)9-31-17(33)10-35-13-3-5-14(6-4-13)36-22(27,28)29/h1-6,8H,7,9-10H2,(H2,30,34)(H,31,33). The molecule has 198 valence electrons. The molecule has 0 aliphatic carbocycles. The van der Waals surface area contributed by atoms with Crippen LogP contribution >= 0.6 is 11.3 Å². The van der Waals surface area contributed by atoms with E-state index in [9.17, 15) is 40.3 Å². The second-order valence-corrected chi connectivity index (χ2v) is 8.47. The van der Waals surface area contributed by atoms with Gasteiger partial charge in [-0.05, 0) is 42.0 Å². The number of thiazole rings is 1. The van der Waals surface area contributed by atoms with Crippen molar-refractivity contribution in [2.24, 2.45) is 5.73 Å². The highest BCUT2D eigenvalue weighted by atomic mass is 32.1. The van der Waals surface area contributed by atoms with Crippen LogP contribution in [0.15, 0.2) is 42.5 Å². The van der Waals surface area contributed by atoms with Crippen LogP contribution in [0, 0.1) is 5.82 Å². The van der Waals surface area contributed by atoms with Gasteiger partial charge in [-0.15, -0.1) is 24.5 Å². The van der Waals surface area contributed by atoms with Gasteiger partial charge in [-0.2, -0.15) is 13.2 Å². The molecular formula is C22H16F7N3O4S. The fourth-order valence-corrected chi connectivity index (χ4v) is 4.08. The first-order valence-electron chi connectivity index (χ1n) is 10.1. The third-order valence-electron chi connectivity index (χ3n) is 4.57. The van der Waals surface area contributed by atoms with Gasteiger partial charge in [-0.3, -0.25) is 9.59 Å². The van der Waals surface area contributed by atoms with Crippen molar-refractivity contribution in [3.8, 4) is 11.5 Å². The largest absolute Gasteiger partial charge is 0.573 e. The number of rotatable bonds is 9. The highest BCUT2D eigenvalue weighted by Gasteiger charge is 2.34. The number of ether oxygens (including phenoxy) is 2. The maximum Gasteiger partial charge on any atom is 0.573 e. The average Bonchev–Trinajstić information content (AvgIpc) is 3.20. The highest BCUT2D eigenvalue weighted by molar-refractivity contribution is 7.12. The molecule has 2 amide bonds. The summed E-state index contributed by atoms with van der Waals surface area (Å²) in [6.07, 6.45) is -10.1. The zero-order valence-electron chi connectivity index (χ0n) is 18.4. The van der Waals surface area contributed by atoms with E-state index in [2.05, 4.69) is 15.0 Å². The molecule has 0 aliphatic heterocycles. The molecule has 3 N–H and O–H groups in total. The first-order chi connectivity index (χ1) is 17.2. The predicted octanol–water partition coefficient (Wildman–Crippen LogP) is 4.58. The molecule has 0 spiro atoms. The number of nitrogens with zero attached hydrogens (tertiary/aromatic N) is 1. The van der Waals surface area contributed by atoms with Crippen molar-refractivity contribution in [3.05, 3.63) is 75.0 Å². The van der Waals surface area contributed by atoms with Gasteiger partial charge in [0, 0.05) is 11.3 Å². The number of carbonyl (C=O) groups excluding carboxylic acids is 2. The number of primary amides is 1. The number of hydrogen-bond acceptors (Lipinski definition) is 6. The molecule has 37 heavy (non-hydrogen) atoms. The molecule has 1 aromatic heterocycles. The van der Waals surface area contributed by atoms with Gasteiger partial charge in [-0.1, -0.05) is 6.07 Å². The van der Waals surface area contributed by atoms with Crippen molar-refractivity contribution in [3.63, 3.8) is 0 Å². The van der Waals surface area contributed by atoms with Gasteiger partial charge in [0.25, 0.3) is 11.8 Å². The zero-order chi connectivity index (χ0) is 27.4. The summed E-state index contributed by atoms with van der Waals surface area (Å²) in [5.74, 6) is -3.13. The summed E-state index contributed by atoms with van der Waals surface area (Å²) in [7, 11) is 0. The van der Waals surface area contributed by atoms with Crippen molar-refractivity contribution in [1.82, 2.24) is 10.3 Å². The molecule has 0 bridgehead atoms. The Morgan fingerprint density at radius 3 is 2.24 bits per heavy atom. The zero-order valence-corrected chi connectivity index (χ0v) is 19.2. The number of hydrogen-bond donors (Lipinski definition) is 2. The molecule has 0 saturated heterocycles. The first-order valence-corrected chi connectivity index (χ1v) is 10.9. The lowest BCUT2D eigenvalue weighted by Gasteiger charge is -2.12. The van der Waals surface area contributed by atoms with Crippen LogP contribution in [0.1, 0.15) is 31.5 Å². The minimum atomic E-state index is -4.86. The van der Waals surface area contributed by atoms with Crippen LogP contribution in [0.5, 0.6) is 11.5 Å². The topological polar surface area (TPSA) is 104 Å². The molecule has 3 rings (SSSR count). The van der Waals surface area contributed by atoms with E-state index in [-0.39, 0.29) is 33.4 Å². The minimum Gasteiger partial charge on any atom is -0.484 e. The van der Waals surface area contributed by atoms with Crippen LogP contribution in [0.4, 0.5) is 30.7 Å². The summed E-state index contributed by atoms with van der Waals surface area (Å²) in [4.78, 5) is 27.9. The van der Waals surface area contributed by atoms with Gasteiger partial charge >= 0.3 is 12.5 Å². The monoisotopic (exact) mass is 551 g/mol. The molecule has 2 aromatic carbocycles. The fraction of sp³-hybridized carbons (Fsp3) is 0.227. The van der Waals surface area contributed by atoms with E-state index in [4.69, 9.17) is 10.5 Å². The summed E-state index contributed by atoms with van der Waals surface area (Å²) in [5.41, 5.74) is 3.50. The van der Waals surface area contributed by atoms with E-state index in [1.807, 2.05) is 0 Å². The van der Waals surface area contributed by atoms with Crippen molar-refractivity contribution in [1.29, 1.82) is 0 Å². The predicted molar refractivity (Wildman–Crippen MR) is 115 cm³/mol. The smallest absolute Gasteiger partial charge is 0.484 e. The Balaban J connectivity index is 1.62. The van der Waals surface area contributed by atoms with Crippen LogP contribution in [0.3, 0.4) is 0 Å². The second-order valence-electron chi connectivity index (χ2n) is 7.30. The molecule has 1 heterocycles. The number of amides is 2. The summed E-state index contributed by atoms with van der Waals surface area (Å²) in [6.45, 7) is -0.744. The lowest BCUT2D eigenvalue weighted by molar-refractivity contribution is -0.274. The quantitative estimate of drug-likeness (QED) is 0.379. The van der Waals surface area contributed by atoms with E-state index < -0.39 is 54.5 Å². The van der Waals surface area contributed by atoms with Crippen molar-refractivity contribution < 1.29 is 49.8 Å². The maximum absolute atomic E-state index is 13.4. The second kappa shape index (κ2) is 11.0. The highest BCUT2D eigenvalue weighted by Crippen LogP contribution is 2.35. The number of nitrogens with two attached hydrogens (primary N) is 1. The Hall–Kier alpha value is -3.88. The molecule has 0 aliphatic rings. The lowest BCUT2D eigenvalue weighted by atomic mass is 10.0. The molecule has 0 saturated carbocycles. The number of alkyl halides is 6. The van der Waals surface area contributed by atoms with E-state index in [0.29, 0.717) is 6.07 Å². The Labute approximate surface area is 208 Å². The van der Waals surface area contributed by atoms with Crippen molar-refractivity contribution >= 4 is 23.2 Å². The fourth-order valence-electron chi connectivity index (χ4n) is 3.04. The van der Waals surface area contributed by atoms with Gasteiger partial charge < -0.3 is 20.5 Å². The maximum atomic E-state index is 13.4. The lowest BCUT2D eigenvalue weighted by Crippen LogP contribution is -2.28. The van der Waals surface area contributed by atoms with Crippen molar-refractivity contribution in [2.45, 2.75) is 25.5 Å². The normalized spacial score (nSPS) is 11.8. The summed E-state index contributed by atoms with van der Waals surface area (Å²) in [6, 6.07) is 6.45. The van der Waals surface area contributed by atoms with Gasteiger partial charge in [-0.25, -0.2) is 9.37 Å². The summed E-state index contributed by atoms with van der Waals surface area (Å²) >= 11 is 0.834. The van der Waals surface area contributed by atoms with Crippen LogP contribution < -0.4 is 20.5 Å². The van der Waals surface area contributed by atoms with Gasteiger partial charge in [0.15, 0.2) is 6.61 Å². The molecule has 0 fully saturated rings. The van der Waals surface area contributed by atoms with Crippen molar-refractivity contribution in [2.75, 3.05) is 6.61 Å². The number of nitrogens with one attached hydrogen (secondary N) is 1. The first kappa shape index (κ1) is 27.7. The number of aromatic nitrogens is 1. The number of benzene rings is 2. The Kier molecular flexibility index (Phi) is 8.25. The SMILES string of the molecule is NC(=O)c1nc(CNC(=O)COc2ccc(OC(F)(F)F)cc2)sc1Cc1ccc(F)cc1C(F)(F)F. The van der Waals surface area contributed by atoms with Gasteiger partial charge in [0.1, 0.15) is 28.0 Å². The Morgan fingerprint density at radius 1 is 1.00 bits per heavy atom. The molecule has 0 unspecified atom stereocenters. The van der Waals surface area contributed by atoms with Gasteiger partial charge in [0.2, 0.25) is 0 Å². The van der Waals surface area contributed by atoms with E-state index in [0.717, 1.165) is 47.7 Å². The molecule has 7 nitrogen and oxygen atoms in total. The molecule has 15 heteroatoms. The molecular weight excluding hydrogens is 535 g/mol. The minimum absolute atomic E-state index is 0.0805. The van der Waals surface area contributed by atoms with Gasteiger partial charge in [0.05, 0.1) is 12.1 Å².